The zero-order valence-electron chi connectivity index (χ0n) is 16.6. The number of hydrogen-bond acceptors (Lipinski definition) is 7. The van der Waals surface area contributed by atoms with E-state index in [1.807, 2.05) is 41.3 Å². The molecule has 8 heteroatoms. The number of rotatable bonds is 4. The first-order chi connectivity index (χ1) is 14.8. The van der Waals surface area contributed by atoms with Gasteiger partial charge in [-0.25, -0.2) is 9.97 Å². The molecule has 0 aliphatic carbocycles. The molecule has 2 saturated heterocycles. The van der Waals surface area contributed by atoms with E-state index in [0.29, 0.717) is 37.9 Å². The molecule has 30 heavy (non-hydrogen) atoms. The summed E-state index contributed by atoms with van der Waals surface area (Å²) in [5.41, 5.74) is 0.491. The minimum atomic E-state index is -0.101. The molecule has 2 aliphatic rings. The lowest BCUT2D eigenvalue weighted by atomic mass is 10.1. The Labute approximate surface area is 174 Å². The monoisotopic (exact) mass is 405 g/mol. The van der Waals surface area contributed by atoms with Crippen LogP contribution in [0.5, 0.6) is 5.88 Å². The van der Waals surface area contributed by atoms with Gasteiger partial charge >= 0.3 is 0 Å². The summed E-state index contributed by atoms with van der Waals surface area (Å²) in [7, 11) is 0. The maximum atomic E-state index is 13.1. The largest absolute Gasteiger partial charge is 0.472 e. The van der Waals surface area contributed by atoms with Gasteiger partial charge in [-0.3, -0.25) is 9.78 Å². The molecule has 2 aliphatic heterocycles. The van der Waals surface area contributed by atoms with Crippen molar-refractivity contribution in [1.29, 1.82) is 0 Å². The highest BCUT2D eigenvalue weighted by Crippen LogP contribution is 2.23. The maximum Gasteiger partial charge on any atom is 0.273 e. The molecule has 1 unspecified atom stereocenters. The number of benzene rings is 1. The van der Waals surface area contributed by atoms with Gasteiger partial charge in [0, 0.05) is 43.7 Å². The molecule has 2 aromatic heterocycles. The number of anilines is 1. The van der Waals surface area contributed by atoms with Gasteiger partial charge < -0.3 is 19.3 Å². The molecule has 2 fully saturated rings. The van der Waals surface area contributed by atoms with Crippen LogP contribution in [0.15, 0.2) is 48.9 Å². The van der Waals surface area contributed by atoms with Gasteiger partial charge in [0.25, 0.3) is 5.91 Å². The van der Waals surface area contributed by atoms with Gasteiger partial charge in [-0.1, -0.05) is 24.3 Å². The van der Waals surface area contributed by atoms with Gasteiger partial charge in [0.2, 0.25) is 5.88 Å². The van der Waals surface area contributed by atoms with E-state index in [2.05, 4.69) is 19.9 Å². The fourth-order valence-corrected chi connectivity index (χ4v) is 3.98. The highest BCUT2D eigenvalue weighted by Gasteiger charge is 2.30. The van der Waals surface area contributed by atoms with Gasteiger partial charge in [0.1, 0.15) is 23.9 Å². The average Bonchev–Trinajstić information content (AvgIpc) is 3.27. The molecule has 1 atom stereocenters. The van der Waals surface area contributed by atoms with Crippen molar-refractivity contribution in [1.82, 2.24) is 19.9 Å². The number of amides is 1. The Morgan fingerprint density at radius 2 is 1.93 bits per heavy atom. The van der Waals surface area contributed by atoms with Gasteiger partial charge in [-0.05, 0) is 11.5 Å². The summed E-state index contributed by atoms with van der Waals surface area (Å²) < 4.78 is 11.5. The number of nitrogens with zero attached hydrogens (tertiary/aromatic N) is 5. The highest BCUT2D eigenvalue weighted by molar-refractivity contribution is 6.05. The lowest BCUT2D eigenvalue weighted by Crippen LogP contribution is -2.36. The Balaban J connectivity index is 1.26. The van der Waals surface area contributed by atoms with Crippen molar-refractivity contribution < 1.29 is 14.3 Å². The zero-order valence-corrected chi connectivity index (χ0v) is 16.6. The Morgan fingerprint density at radius 3 is 2.83 bits per heavy atom. The Hall–Kier alpha value is -3.26. The van der Waals surface area contributed by atoms with Crippen LogP contribution in [-0.2, 0) is 4.74 Å². The second-order valence-electron chi connectivity index (χ2n) is 7.47. The van der Waals surface area contributed by atoms with Crippen LogP contribution in [-0.4, -0.2) is 71.3 Å². The molecule has 154 valence electrons. The summed E-state index contributed by atoms with van der Waals surface area (Å²) in [6.45, 7) is 4.15. The van der Waals surface area contributed by atoms with Crippen molar-refractivity contribution in [2.45, 2.75) is 12.5 Å². The average molecular weight is 405 g/mol. The second kappa shape index (κ2) is 8.23. The zero-order chi connectivity index (χ0) is 20.3. The number of carbonyl (C=O) groups excluding carboxylic acids is 1. The molecule has 0 radical (unpaired) electrons. The van der Waals surface area contributed by atoms with E-state index in [9.17, 15) is 4.79 Å². The van der Waals surface area contributed by atoms with E-state index >= 15 is 0 Å². The van der Waals surface area contributed by atoms with Crippen molar-refractivity contribution >= 4 is 22.5 Å². The van der Waals surface area contributed by atoms with E-state index in [4.69, 9.17) is 9.47 Å². The van der Waals surface area contributed by atoms with Crippen LogP contribution < -0.4 is 9.64 Å². The lowest BCUT2D eigenvalue weighted by Gasteiger charge is -2.27. The number of pyridine rings is 1. The third kappa shape index (κ3) is 3.78. The summed E-state index contributed by atoms with van der Waals surface area (Å²) in [4.78, 5) is 30.0. The number of likely N-dealkylation sites (tertiary alicyclic amines) is 1. The smallest absolute Gasteiger partial charge is 0.273 e. The number of aromatic nitrogens is 3. The van der Waals surface area contributed by atoms with Crippen molar-refractivity contribution in [3.63, 3.8) is 0 Å². The van der Waals surface area contributed by atoms with Crippen LogP contribution in [0.1, 0.15) is 16.9 Å². The predicted octanol–water partition coefficient (Wildman–Crippen LogP) is 2.15. The van der Waals surface area contributed by atoms with Crippen LogP contribution >= 0.6 is 0 Å². The number of fused-ring (bicyclic) bond motifs is 1. The molecule has 1 aromatic carbocycles. The van der Waals surface area contributed by atoms with Gasteiger partial charge in [0.15, 0.2) is 0 Å². The molecular formula is C22H23N5O3. The summed E-state index contributed by atoms with van der Waals surface area (Å²) in [6.07, 6.45) is 3.87. The van der Waals surface area contributed by atoms with Crippen LogP contribution in [0, 0.1) is 0 Å². The van der Waals surface area contributed by atoms with E-state index in [-0.39, 0.29) is 12.0 Å². The van der Waals surface area contributed by atoms with Gasteiger partial charge in [0.05, 0.1) is 19.8 Å². The highest BCUT2D eigenvalue weighted by atomic mass is 16.5. The minimum absolute atomic E-state index is 0.0606. The molecule has 0 spiro atoms. The summed E-state index contributed by atoms with van der Waals surface area (Å²) in [5.74, 6) is 1.32. The topological polar surface area (TPSA) is 80.7 Å². The standard InChI is InChI=1S/C22H23N5O3/c28-22(21-18-4-2-1-3-16(18)5-7-23-21)27-8-6-17(14-27)30-20-13-19(24-15-25-20)26-9-11-29-12-10-26/h1-5,7,13,15,17H,6,8-12,14H2. The third-order valence-corrected chi connectivity index (χ3v) is 5.56. The SMILES string of the molecule is O=C(c1nccc2ccccc12)N1CCC(Oc2cc(N3CCOCC3)ncn2)C1. The molecule has 4 heterocycles. The van der Waals surface area contributed by atoms with Crippen molar-refractivity contribution in [3.8, 4) is 5.88 Å². The first-order valence-corrected chi connectivity index (χ1v) is 10.2. The Kier molecular flexibility index (Phi) is 5.15. The quantitative estimate of drug-likeness (QED) is 0.658. The molecule has 0 bridgehead atoms. The van der Waals surface area contributed by atoms with Crippen LogP contribution in [0.25, 0.3) is 10.8 Å². The summed E-state index contributed by atoms with van der Waals surface area (Å²) in [6, 6.07) is 11.6. The first-order valence-electron chi connectivity index (χ1n) is 10.2. The van der Waals surface area contributed by atoms with Crippen molar-refractivity contribution in [2.24, 2.45) is 0 Å². The second-order valence-corrected chi connectivity index (χ2v) is 7.47. The fraction of sp³-hybridized carbons (Fsp3) is 0.364. The molecule has 3 aromatic rings. The molecule has 0 N–H and O–H groups in total. The van der Waals surface area contributed by atoms with Crippen molar-refractivity contribution in [2.75, 3.05) is 44.3 Å². The maximum absolute atomic E-state index is 13.1. The van der Waals surface area contributed by atoms with E-state index in [1.165, 1.54) is 6.33 Å². The van der Waals surface area contributed by atoms with E-state index < -0.39 is 0 Å². The first kappa shape index (κ1) is 18.7. The molecule has 1 amide bonds. The Bertz CT molecular complexity index is 1050. The van der Waals surface area contributed by atoms with Crippen LogP contribution in [0.2, 0.25) is 0 Å². The molecule has 5 rings (SSSR count). The molecule has 0 saturated carbocycles. The van der Waals surface area contributed by atoms with Crippen LogP contribution in [0.3, 0.4) is 0 Å². The normalized spacial score (nSPS) is 19.3. The van der Waals surface area contributed by atoms with Crippen molar-refractivity contribution in [3.05, 3.63) is 54.6 Å². The number of carbonyl (C=O) groups is 1. The fourth-order valence-electron chi connectivity index (χ4n) is 3.98. The van der Waals surface area contributed by atoms with E-state index in [1.54, 1.807) is 6.20 Å². The minimum Gasteiger partial charge on any atom is -0.472 e. The number of morpholine rings is 1. The number of hydrogen-bond donors (Lipinski definition) is 0. The summed E-state index contributed by atoms with van der Waals surface area (Å²) >= 11 is 0. The summed E-state index contributed by atoms with van der Waals surface area (Å²) in [5, 5.41) is 1.89. The van der Waals surface area contributed by atoms with Gasteiger partial charge in [-0.2, -0.15) is 0 Å². The van der Waals surface area contributed by atoms with Crippen LogP contribution in [0.4, 0.5) is 5.82 Å². The van der Waals surface area contributed by atoms with E-state index in [0.717, 1.165) is 36.1 Å². The third-order valence-electron chi connectivity index (χ3n) is 5.56. The molecular weight excluding hydrogens is 382 g/mol. The lowest BCUT2D eigenvalue weighted by molar-refractivity contribution is 0.0767. The molecule has 8 nitrogen and oxygen atoms in total. The predicted molar refractivity (Wildman–Crippen MR) is 112 cm³/mol. The Morgan fingerprint density at radius 1 is 1.07 bits per heavy atom. The number of ether oxygens (including phenoxy) is 2. The van der Waals surface area contributed by atoms with Gasteiger partial charge in [-0.15, -0.1) is 0 Å².